The van der Waals surface area contributed by atoms with Crippen molar-refractivity contribution in [3.05, 3.63) is 47.8 Å². The predicted octanol–water partition coefficient (Wildman–Crippen LogP) is 1.81. The number of carbonyl (C=O) groups is 1. The van der Waals surface area contributed by atoms with Crippen molar-refractivity contribution in [1.82, 2.24) is 15.0 Å². The van der Waals surface area contributed by atoms with E-state index in [1.807, 2.05) is 6.92 Å². The molecule has 0 aliphatic rings. The minimum atomic E-state index is -0.186. The van der Waals surface area contributed by atoms with Crippen molar-refractivity contribution >= 4 is 5.78 Å². The van der Waals surface area contributed by atoms with Gasteiger partial charge in [-0.05, 0) is 26.0 Å². The van der Waals surface area contributed by atoms with Gasteiger partial charge in [-0.15, -0.1) is 0 Å². The van der Waals surface area contributed by atoms with Crippen molar-refractivity contribution in [2.24, 2.45) is 0 Å². The molecule has 0 aliphatic carbocycles. The van der Waals surface area contributed by atoms with E-state index in [4.69, 9.17) is 4.74 Å². The van der Waals surface area contributed by atoms with Crippen LogP contribution in [0.5, 0.6) is 5.75 Å². The molecular weight excluding hydrogens is 230 g/mol. The number of aromatic nitrogens is 3. The summed E-state index contributed by atoms with van der Waals surface area (Å²) in [6, 6.07) is 3.25. The highest BCUT2D eigenvalue weighted by Crippen LogP contribution is 2.14. The maximum atomic E-state index is 12.2. The van der Waals surface area contributed by atoms with Crippen LogP contribution in [-0.2, 0) is 0 Å². The van der Waals surface area contributed by atoms with E-state index >= 15 is 0 Å². The first-order chi connectivity index (χ1) is 8.70. The number of hydrogen-bond donors (Lipinski definition) is 0. The van der Waals surface area contributed by atoms with Gasteiger partial charge < -0.3 is 4.74 Å². The van der Waals surface area contributed by atoms with Gasteiger partial charge in [-0.25, -0.2) is 9.97 Å². The highest BCUT2D eigenvalue weighted by atomic mass is 16.5. The van der Waals surface area contributed by atoms with Crippen molar-refractivity contribution in [2.75, 3.05) is 6.61 Å². The molecule has 18 heavy (non-hydrogen) atoms. The molecule has 0 aromatic carbocycles. The SMILES string of the molecule is CCOc1cncc(C(=O)c2ccnc(C)n2)c1. The molecule has 2 heterocycles. The number of nitrogens with zero attached hydrogens (tertiary/aromatic N) is 3. The molecule has 2 aromatic heterocycles. The maximum absolute atomic E-state index is 12.2. The van der Waals surface area contributed by atoms with E-state index in [9.17, 15) is 4.79 Å². The van der Waals surface area contributed by atoms with Crippen molar-refractivity contribution in [1.29, 1.82) is 0 Å². The third-order valence-corrected chi connectivity index (χ3v) is 2.30. The number of pyridine rings is 1. The quantitative estimate of drug-likeness (QED) is 0.766. The van der Waals surface area contributed by atoms with Crippen molar-refractivity contribution in [2.45, 2.75) is 13.8 Å². The predicted molar refractivity (Wildman–Crippen MR) is 65.6 cm³/mol. The van der Waals surface area contributed by atoms with E-state index in [-0.39, 0.29) is 5.78 Å². The van der Waals surface area contributed by atoms with Crippen LogP contribution in [0.4, 0.5) is 0 Å². The summed E-state index contributed by atoms with van der Waals surface area (Å²) in [5.41, 5.74) is 0.817. The second-order valence-electron chi connectivity index (χ2n) is 3.66. The van der Waals surface area contributed by atoms with Gasteiger partial charge in [0.2, 0.25) is 5.78 Å². The van der Waals surface area contributed by atoms with Gasteiger partial charge in [0.1, 0.15) is 17.3 Å². The van der Waals surface area contributed by atoms with Gasteiger partial charge in [0, 0.05) is 18.0 Å². The summed E-state index contributed by atoms with van der Waals surface area (Å²) in [7, 11) is 0. The first kappa shape index (κ1) is 12.2. The van der Waals surface area contributed by atoms with Crippen LogP contribution >= 0.6 is 0 Å². The third kappa shape index (κ3) is 2.68. The van der Waals surface area contributed by atoms with Crippen LogP contribution in [-0.4, -0.2) is 27.3 Å². The molecule has 0 fully saturated rings. The van der Waals surface area contributed by atoms with Gasteiger partial charge in [-0.3, -0.25) is 9.78 Å². The lowest BCUT2D eigenvalue weighted by molar-refractivity contribution is 0.103. The average Bonchev–Trinajstić information content (AvgIpc) is 2.39. The summed E-state index contributed by atoms with van der Waals surface area (Å²) in [6.45, 7) is 4.15. The zero-order valence-electron chi connectivity index (χ0n) is 10.3. The Balaban J connectivity index is 2.31. The molecule has 0 aliphatic heterocycles. The lowest BCUT2D eigenvalue weighted by atomic mass is 10.1. The van der Waals surface area contributed by atoms with Crippen LogP contribution in [0.25, 0.3) is 0 Å². The monoisotopic (exact) mass is 243 g/mol. The number of aryl methyl sites for hydroxylation is 1. The summed E-state index contributed by atoms with van der Waals surface area (Å²) in [5.74, 6) is 0.957. The van der Waals surface area contributed by atoms with Gasteiger partial charge in [-0.1, -0.05) is 0 Å². The van der Waals surface area contributed by atoms with E-state index in [1.165, 1.54) is 6.20 Å². The topological polar surface area (TPSA) is 65.0 Å². The Kier molecular flexibility index (Phi) is 3.62. The standard InChI is InChI=1S/C13H13N3O2/c1-3-18-11-6-10(7-14-8-11)13(17)12-4-5-15-9(2)16-12/h4-8H,3H2,1-2H3. The fourth-order valence-electron chi connectivity index (χ4n) is 1.52. The Morgan fingerprint density at radius 1 is 1.39 bits per heavy atom. The maximum Gasteiger partial charge on any atom is 0.213 e. The van der Waals surface area contributed by atoms with E-state index in [2.05, 4.69) is 15.0 Å². The zero-order valence-corrected chi connectivity index (χ0v) is 10.3. The van der Waals surface area contributed by atoms with Crippen LogP contribution < -0.4 is 4.74 Å². The highest BCUT2D eigenvalue weighted by molar-refractivity contribution is 6.07. The molecular formula is C13H13N3O2. The summed E-state index contributed by atoms with van der Waals surface area (Å²) in [6.07, 6.45) is 4.64. The average molecular weight is 243 g/mol. The molecule has 0 atom stereocenters. The third-order valence-electron chi connectivity index (χ3n) is 2.30. The van der Waals surface area contributed by atoms with Gasteiger partial charge in [0.15, 0.2) is 0 Å². The van der Waals surface area contributed by atoms with Gasteiger partial charge >= 0.3 is 0 Å². The highest BCUT2D eigenvalue weighted by Gasteiger charge is 2.12. The second-order valence-corrected chi connectivity index (χ2v) is 3.66. The fraction of sp³-hybridized carbons (Fsp3) is 0.231. The van der Waals surface area contributed by atoms with Crippen LogP contribution in [0.2, 0.25) is 0 Å². The lowest BCUT2D eigenvalue weighted by Crippen LogP contribution is -2.06. The summed E-state index contributed by atoms with van der Waals surface area (Å²) >= 11 is 0. The van der Waals surface area contributed by atoms with E-state index in [0.717, 1.165) is 0 Å². The first-order valence-corrected chi connectivity index (χ1v) is 5.63. The number of hydrogen-bond acceptors (Lipinski definition) is 5. The first-order valence-electron chi connectivity index (χ1n) is 5.63. The van der Waals surface area contributed by atoms with Gasteiger partial charge in [0.05, 0.1) is 12.8 Å². The Labute approximate surface area is 105 Å². The molecule has 0 radical (unpaired) electrons. The molecule has 0 amide bonds. The normalized spacial score (nSPS) is 10.1. The number of ketones is 1. The molecule has 2 aromatic rings. The smallest absolute Gasteiger partial charge is 0.213 e. The molecule has 5 nitrogen and oxygen atoms in total. The minimum absolute atomic E-state index is 0.186. The number of ether oxygens (including phenoxy) is 1. The molecule has 2 rings (SSSR count). The molecule has 0 unspecified atom stereocenters. The van der Waals surface area contributed by atoms with Gasteiger partial charge in [-0.2, -0.15) is 0 Å². The van der Waals surface area contributed by atoms with Crippen LogP contribution in [0.3, 0.4) is 0 Å². The summed E-state index contributed by atoms with van der Waals surface area (Å²) < 4.78 is 5.31. The Morgan fingerprint density at radius 2 is 2.22 bits per heavy atom. The largest absolute Gasteiger partial charge is 0.492 e. The van der Waals surface area contributed by atoms with Crippen molar-refractivity contribution in [3.63, 3.8) is 0 Å². The Bertz CT molecular complexity index is 570. The Hall–Kier alpha value is -2.30. The van der Waals surface area contributed by atoms with Crippen molar-refractivity contribution < 1.29 is 9.53 Å². The molecule has 0 N–H and O–H groups in total. The molecule has 5 heteroatoms. The fourth-order valence-corrected chi connectivity index (χ4v) is 1.52. The molecule has 0 saturated carbocycles. The van der Waals surface area contributed by atoms with Crippen LogP contribution in [0.15, 0.2) is 30.7 Å². The van der Waals surface area contributed by atoms with E-state index in [1.54, 1.807) is 31.5 Å². The molecule has 0 bridgehead atoms. The molecule has 92 valence electrons. The van der Waals surface area contributed by atoms with Crippen LogP contribution in [0.1, 0.15) is 28.8 Å². The lowest BCUT2D eigenvalue weighted by Gasteiger charge is -2.04. The number of rotatable bonds is 4. The summed E-state index contributed by atoms with van der Waals surface area (Å²) in [5, 5.41) is 0. The van der Waals surface area contributed by atoms with Gasteiger partial charge in [0.25, 0.3) is 0 Å². The Morgan fingerprint density at radius 3 is 2.94 bits per heavy atom. The molecule has 0 spiro atoms. The van der Waals surface area contributed by atoms with E-state index in [0.29, 0.717) is 29.4 Å². The minimum Gasteiger partial charge on any atom is -0.492 e. The van der Waals surface area contributed by atoms with Crippen molar-refractivity contribution in [3.8, 4) is 5.75 Å². The number of carbonyl (C=O) groups excluding carboxylic acids is 1. The molecule has 0 saturated heterocycles. The zero-order chi connectivity index (χ0) is 13.0. The summed E-state index contributed by atoms with van der Waals surface area (Å²) in [4.78, 5) is 24.2. The van der Waals surface area contributed by atoms with Crippen LogP contribution in [0, 0.1) is 6.92 Å². The van der Waals surface area contributed by atoms with E-state index < -0.39 is 0 Å². The second kappa shape index (κ2) is 5.35.